The van der Waals surface area contributed by atoms with Crippen molar-refractivity contribution in [1.82, 2.24) is 9.97 Å². The minimum Gasteiger partial charge on any atom is -0.370 e. The lowest BCUT2D eigenvalue weighted by Crippen LogP contribution is -2.07. The zero-order valence-electron chi connectivity index (χ0n) is 9.87. The normalized spacial score (nSPS) is 14.8. The second-order valence-corrected chi connectivity index (χ2v) is 4.37. The van der Waals surface area contributed by atoms with Crippen molar-refractivity contribution in [3.05, 3.63) is 12.4 Å². The van der Waals surface area contributed by atoms with E-state index < -0.39 is 0 Å². The number of rotatable bonds is 7. The van der Waals surface area contributed by atoms with Crippen LogP contribution < -0.4 is 10.6 Å². The van der Waals surface area contributed by atoms with Gasteiger partial charge in [-0.15, -0.1) is 0 Å². The Morgan fingerprint density at radius 1 is 1.19 bits per heavy atom. The number of anilines is 2. The molecule has 1 aliphatic carbocycles. The first-order valence-electron chi connectivity index (χ1n) is 6.18. The lowest BCUT2D eigenvalue weighted by molar-refractivity contribution is 0.758. The molecule has 2 N–H and O–H groups in total. The molecule has 88 valence electrons. The molecular weight excluding hydrogens is 200 g/mol. The molecule has 1 saturated carbocycles. The average Bonchev–Trinajstić information content (AvgIpc) is 3.11. The number of hydrogen-bond donors (Lipinski definition) is 2. The molecule has 0 bridgehead atoms. The third kappa shape index (κ3) is 3.68. The van der Waals surface area contributed by atoms with Crippen LogP contribution in [0.1, 0.15) is 32.6 Å². The Labute approximate surface area is 96.9 Å². The lowest BCUT2D eigenvalue weighted by atomic mass is 10.3. The van der Waals surface area contributed by atoms with E-state index >= 15 is 0 Å². The molecule has 0 aliphatic heterocycles. The highest BCUT2D eigenvalue weighted by Crippen LogP contribution is 2.32. The van der Waals surface area contributed by atoms with E-state index in [1.54, 1.807) is 6.33 Å². The SMILES string of the molecule is CCCNc1cc(NCCC2CC2)ncn1. The van der Waals surface area contributed by atoms with Crippen LogP contribution in [-0.4, -0.2) is 23.1 Å². The van der Waals surface area contributed by atoms with Crippen LogP contribution in [0.15, 0.2) is 12.4 Å². The minimum atomic E-state index is 0.908. The van der Waals surface area contributed by atoms with Crippen molar-refractivity contribution < 1.29 is 0 Å². The van der Waals surface area contributed by atoms with Gasteiger partial charge >= 0.3 is 0 Å². The number of hydrogen-bond acceptors (Lipinski definition) is 4. The van der Waals surface area contributed by atoms with E-state index in [-0.39, 0.29) is 0 Å². The fourth-order valence-corrected chi connectivity index (χ4v) is 1.61. The Hall–Kier alpha value is -1.32. The summed E-state index contributed by atoms with van der Waals surface area (Å²) in [5.41, 5.74) is 0. The molecule has 0 amide bonds. The Morgan fingerprint density at radius 3 is 2.50 bits per heavy atom. The van der Waals surface area contributed by atoms with Crippen LogP contribution in [0.4, 0.5) is 11.6 Å². The molecule has 0 saturated heterocycles. The molecule has 0 radical (unpaired) electrons. The van der Waals surface area contributed by atoms with E-state index in [4.69, 9.17) is 0 Å². The zero-order valence-corrected chi connectivity index (χ0v) is 9.87. The van der Waals surface area contributed by atoms with Gasteiger partial charge in [-0.1, -0.05) is 19.8 Å². The fraction of sp³-hybridized carbons (Fsp3) is 0.667. The van der Waals surface area contributed by atoms with E-state index in [2.05, 4.69) is 27.5 Å². The van der Waals surface area contributed by atoms with Gasteiger partial charge in [-0.3, -0.25) is 0 Å². The van der Waals surface area contributed by atoms with Crippen molar-refractivity contribution in [2.75, 3.05) is 23.7 Å². The summed E-state index contributed by atoms with van der Waals surface area (Å²) in [6.07, 6.45) is 6.80. The van der Waals surface area contributed by atoms with Crippen molar-refractivity contribution >= 4 is 11.6 Å². The van der Waals surface area contributed by atoms with E-state index in [0.717, 1.165) is 37.1 Å². The Kier molecular flexibility index (Phi) is 3.97. The quantitative estimate of drug-likeness (QED) is 0.741. The van der Waals surface area contributed by atoms with E-state index in [1.807, 2.05) is 6.07 Å². The van der Waals surface area contributed by atoms with Gasteiger partial charge in [-0.05, 0) is 18.8 Å². The molecule has 1 aromatic heterocycles. The van der Waals surface area contributed by atoms with E-state index in [9.17, 15) is 0 Å². The Bertz CT molecular complexity index is 323. The lowest BCUT2D eigenvalue weighted by Gasteiger charge is -2.07. The topological polar surface area (TPSA) is 49.8 Å². The summed E-state index contributed by atoms with van der Waals surface area (Å²) in [4.78, 5) is 8.37. The third-order valence-electron chi connectivity index (χ3n) is 2.78. The monoisotopic (exact) mass is 220 g/mol. The maximum absolute atomic E-state index is 4.20. The first kappa shape index (κ1) is 11.2. The van der Waals surface area contributed by atoms with E-state index in [0.29, 0.717) is 0 Å². The Balaban J connectivity index is 1.77. The van der Waals surface area contributed by atoms with Crippen LogP contribution in [0.3, 0.4) is 0 Å². The van der Waals surface area contributed by atoms with Gasteiger partial charge in [0.2, 0.25) is 0 Å². The van der Waals surface area contributed by atoms with Gasteiger partial charge in [0.1, 0.15) is 18.0 Å². The molecule has 4 heteroatoms. The maximum atomic E-state index is 4.20. The van der Waals surface area contributed by atoms with Crippen molar-refractivity contribution in [3.63, 3.8) is 0 Å². The highest BCUT2D eigenvalue weighted by molar-refractivity contribution is 5.46. The number of nitrogens with one attached hydrogen (secondary N) is 2. The van der Waals surface area contributed by atoms with Crippen LogP contribution in [0.5, 0.6) is 0 Å². The number of nitrogens with zero attached hydrogens (tertiary/aromatic N) is 2. The highest BCUT2D eigenvalue weighted by atomic mass is 15.1. The molecule has 1 fully saturated rings. The summed E-state index contributed by atoms with van der Waals surface area (Å²) < 4.78 is 0. The third-order valence-corrected chi connectivity index (χ3v) is 2.78. The average molecular weight is 220 g/mol. The molecule has 0 unspecified atom stereocenters. The maximum Gasteiger partial charge on any atom is 0.131 e. The first-order valence-corrected chi connectivity index (χ1v) is 6.18. The van der Waals surface area contributed by atoms with Gasteiger partial charge in [0.25, 0.3) is 0 Å². The molecule has 2 rings (SSSR count). The summed E-state index contributed by atoms with van der Waals surface area (Å²) in [6.45, 7) is 4.12. The summed E-state index contributed by atoms with van der Waals surface area (Å²) in [6, 6.07) is 1.97. The molecule has 16 heavy (non-hydrogen) atoms. The van der Waals surface area contributed by atoms with Gasteiger partial charge in [-0.25, -0.2) is 9.97 Å². The molecule has 1 aliphatic rings. The van der Waals surface area contributed by atoms with Crippen molar-refractivity contribution in [1.29, 1.82) is 0 Å². The van der Waals surface area contributed by atoms with Gasteiger partial charge in [0, 0.05) is 19.2 Å². The molecule has 0 spiro atoms. The van der Waals surface area contributed by atoms with Crippen LogP contribution in [0.2, 0.25) is 0 Å². The van der Waals surface area contributed by atoms with Crippen molar-refractivity contribution in [2.24, 2.45) is 5.92 Å². The summed E-state index contributed by atoms with van der Waals surface area (Å²) >= 11 is 0. The summed E-state index contributed by atoms with van der Waals surface area (Å²) in [7, 11) is 0. The van der Waals surface area contributed by atoms with Crippen molar-refractivity contribution in [3.8, 4) is 0 Å². The minimum absolute atomic E-state index is 0.908. The predicted octanol–water partition coefficient (Wildman–Crippen LogP) is 2.51. The van der Waals surface area contributed by atoms with Crippen molar-refractivity contribution in [2.45, 2.75) is 32.6 Å². The van der Waals surface area contributed by atoms with Gasteiger partial charge in [0.05, 0.1) is 0 Å². The Morgan fingerprint density at radius 2 is 1.88 bits per heavy atom. The summed E-state index contributed by atoms with van der Waals surface area (Å²) in [5, 5.41) is 6.60. The largest absolute Gasteiger partial charge is 0.370 e. The summed E-state index contributed by atoms with van der Waals surface area (Å²) in [5.74, 6) is 2.80. The molecular formula is C12H20N4. The number of aromatic nitrogens is 2. The molecule has 1 aromatic rings. The van der Waals surface area contributed by atoms with Crippen LogP contribution >= 0.6 is 0 Å². The van der Waals surface area contributed by atoms with Gasteiger partial charge in [-0.2, -0.15) is 0 Å². The van der Waals surface area contributed by atoms with Gasteiger partial charge < -0.3 is 10.6 Å². The van der Waals surface area contributed by atoms with Crippen LogP contribution in [-0.2, 0) is 0 Å². The van der Waals surface area contributed by atoms with Crippen LogP contribution in [0, 0.1) is 5.92 Å². The zero-order chi connectivity index (χ0) is 11.2. The predicted molar refractivity (Wildman–Crippen MR) is 66.6 cm³/mol. The van der Waals surface area contributed by atoms with Crippen LogP contribution in [0.25, 0.3) is 0 Å². The fourth-order valence-electron chi connectivity index (χ4n) is 1.61. The standard InChI is InChI=1S/C12H20N4/c1-2-6-13-11-8-12(16-9-15-11)14-7-5-10-3-4-10/h8-10H,2-7H2,1H3,(H2,13,14,15,16). The molecule has 0 atom stereocenters. The smallest absolute Gasteiger partial charge is 0.131 e. The molecule has 0 aromatic carbocycles. The second-order valence-electron chi connectivity index (χ2n) is 4.37. The molecule has 1 heterocycles. The molecule has 4 nitrogen and oxygen atoms in total. The van der Waals surface area contributed by atoms with Gasteiger partial charge in [0.15, 0.2) is 0 Å². The van der Waals surface area contributed by atoms with E-state index in [1.165, 1.54) is 19.3 Å². The second kappa shape index (κ2) is 5.68. The highest BCUT2D eigenvalue weighted by Gasteiger charge is 2.20. The first-order chi connectivity index (χ1) is 7.88.